The predicted octanol–water partition coefficient (Wildman–Crippen LogP) is -0.183. The lowest BCUT2D eigenvalue weighted by atomic mass is 10.3. The predicted molar refractivity (Wildman–Crippen MR) is 84.4 cm³/mol. The van der Waals surface area contributed by atoms with Gasteiger partial charge >= 0.3 is 0 Å². The highest BCUT2D eigenvalue weighted by Gasteiger charge is 2.29. The molecule has 0 spiro atoms. The Kier molecular flexibility index (Phi) is 6.33. The Labute approximate surface area is 134 Å². The van der Waals surface area contributed by atoms with E-state index in [0.717, 1.165) is 24.4 Å². The molecule has 2 heterocycles. The third-order valence-electron chi connectivity index (χ3n) is 3.42. The van der Waals surface area contributed by atoms with Gasteiger partial charge in [0.05, 0.1) is 13.2 Å². The number of amides is 1. The number of carbonyl (C=O) groups excluding carboxylic acids is 1. The molecule has 0 aliphatic carbocycles. The lowest BCUT2D eigenvalue weighted by molar-refractivity contribution is -0.132. The van der Waals surface area contributed by atoms with Crippen LogP contribution in [0.3, 0.4) is 0 Å². The van der Waals surface area contributed by atoms with Crippen LogP contribution in [0.15, 0.2) is 21.7 Å². The van der Waals surface area contributed by atoms with E-state index in [1.54, 1.807) is 22.4 Å². The van der Waals surface area contributed by atoms with Gasteiger partial charge in [-0.2, -0.15) is 4.31 Å². The van der Waals surface area contributed by atoms with Crippen molar-refractivity contribution < 1.29 is 17.9 Å². The molecule has 7 nitrogen and oxygen atoms in total. The van der Waals surface area contributed by atoms with Crippen molar-refractivity contribution in [3.63, 3.8) is 0 Å². The number of nitrogens with one attached hydrogen (secondary N) is 1. The molecule has 1 aliphatic rings. The number of sulfonamides is 1. The molecule has 0 radical (unpaired) electrons. The first-order chi connectivity index (χ1) is 10.6. The van der Waals surface area contributed by atoms with Crippen molar-refractivity contribution in [1.29, 1.82) is 0 Å². The van der Waals surface area contributed by atoms with Gasteiger partial charge in [0.1, 0.15) is 4.21 Å². The molecular weight excluding hydrogens is 326 g/mol. The number of nitrogens with zero attached hydrogens (tertiary/aromatic N) is 2. The van der Waals surface area contributed by atoms with Crippen LogP contribution in [-0.4, -0.2) is 76.5 Å². The first-order valence-electron chi connectivity index (χ1n) is 7.07. The molecule has 9 heteroatoms. The van der Waals surface area contributed by atoms with Crippen molar-refractivity contribution in [1.82, 2.24) is 14.5 Å². The maximum absolute atomic E-state index is 12.6. The third-order valence-corrected chi connectivity index (χ3v) is 6.63. The summed E-state index contributed by atoms with van der Waals surface area (Å²) in [5.74, 6) is -0.169. The van der Waals surface area contributed by atoms with Crippen LogP contribution in [0.2, 0.25) is 0 Å². The zero-order chi connectivity index (χ0) is 16.0. The molecule has 0 aromatic carbocycles. The molecule has 1 N–H and O–H groups in total. The molecule has 0 saturated carbocycles. The lowest BCUT2D eigenvalue weighted by Gasteiger charge is -2.29. The highest BCUT2D eigenvalue weighted by atomic mass is 32.2. The van der Waals surface area contributed by atoms with Crippen LogP contribution in [-0.2, 0) is 19.6 Å². The Morgan fingerprint density at radius 1 is 1.45 bits per heavy atom. The minimum absolute atomic E-state index is 0.149. The third kappa shape index (κ3) is 4.26. The normalized spacial score (nSPS) is 16.2. The number of rotatable bonds is 7. The van der Waals surface area contributed by atoms with Crippen molar-refractivity contribution in [2.24, 2.45) is 0 Å². The number of methoxy groups -OCH3 is 1. The summed E-state index contributed by atoms with van der Waals surface area (Å²) < 4.78 is 31.7. The van der Waals surface area contributed by atoms with Crippen molar-refractivity contribution >= 4 is 27.3 Å². The molecule has 0 bridgehead atoms. The van der Waals surface area contributed by atoms with Crippen LogP contribution < -0.4 is 5.32 Å². The minimum atomic E-state index is -3.65. The molecule has 1 aromatic rings. The van der Waals surface area contributed by atoms with Crippen LogP contribution in [0.25, 0.3) is 0 Å². The fraction of sp³-hybridized carbons (Fsp3) is 0.615. The zero-order valence-electron chi connectivity index (χ0n) is 12.5. The number of piperazine rings is 1. The second-order valence-corrected chi connectivity index (χ2v) is 8.01. The minimum Gasteiger partial charge on any atom is -0.383 e. The van der Waals surface area contributed by atoms with Gasteiger partial charge < -0.3 is 15.0 Å². The molecule has 0 unspecified atom stereocenters. The largest absolute Gasteiger partial charge is 0.383 e. The van der Waals surface area contributed by atoms with E-state index in [2.05, 4.69) is 5.32 Å². The summed E-state index contributed by atoms with van der Waals surface area (Å²) in [7, 11) is -2.15. The molecule has 1 amide bonds. The van der Waals surface area contributed by atoms with Crippen LogP contribution in [0, 0.1) is 0 Å². The van der Waals surface area contributed by atoms with Gasteiger partial charge in [-0.25, -0.2) is 8.42 Å². The fourth-order valence-electron chi connectivity index (χ4n) is 2.18. The molecule has 22 heavy (non-hydrogen) atoms. The Morgan fingerprint density at radius 2 is 2.18 bits per heavy atom. The van der Waals surface area contributed by atoms with Gasteiger partial charge in [-0.3, -0.25) is 4.79 Å². The summed E-state index contributed by atoms with van der Waals surface area (Å²) in [5, 5.41) is 4.87. The Balaban J connectivity index is 2.10. The second kappa shape index (κ2) is 8.02. The van der Waals surface area contributed by atoms with Crippen LogP contribution in [0.4, 0.5) is 0 Å². The maximum Gasteiger partial charge on any atom is 0.253 e. The summed E-state index contributed by atoms with van der Waals surface area (Å²) in [6, 6.07) is 3.24. The number of thiophene rings is 1. The van der Waals surface area contributed by atoms with E-state index in [1.165, 1.54) is 11.4 Å². The van der Waals surface area contributed by atoms with Gasteiger partial charge in [-0.15, -0.1) is 11.3 Å². The van der Waals surface area contributed by atoms with Gasteiger partial charge in [-0.1, -0.05) is 6.07 Å². The maximum atomic E-state index is 12.6. The van der Waals surface area contributed by atoms with Crippen molar-refractivity contribution in [3.05, 3.63) is 17.5 Å². The van der Waals surface area contributed by atoms with E-state index in [-0.39, 0.29) is 29.8 Å². The van der Waals surface area contributed by atoms with Crippen molar-refractivity contribution in [3.8, 4) is 0 Å². The number of hydrogen-bond donors (Lipinski definition) is 1. The average Bonchev–Trinajstić information content (AvgIpc) is 3.07. The van der Waals surface area contributed by atoms with Gasteiger partial charge in [0, 0.05) is 39.8 Å². The van der Waals surface area contributed by atoms with Gasteiger partial charge in [0.25, 0.3) is 10.0 Å². The zero-order valence-corrected chi connectivity index (χ0v) is 14.2. The van der Waals surface area contributed by atoms with Crippen LogP contribution in [0.1, 0.15) is 0 Å². The smallest absolute Gasteiger partial charge is 0.253 e. The topological polar surface area (TPSA) is 79.0 Å². The highest BCUT2D eigenvalue weighted by Crippen LogP contribution is 2.20. The molecule has 1 fully saturated rings. The fourth-order valence-corrected chi connectivity index (χ4v) is 4.70. The SMILES string of the molecule is COCCN(CC(=O)N1CCNCC1)S(=O)(=O)c1cccs1. The van der Waals surface area contributed by atoms with Gasteiger partial charge in [-0.05, 0) is 11.4 Å². The second-order valence-electron chi connectivity index (χ2n) is 4.89. The van der Waals surface area contributed by atoms with Gasteiger partial charge in [0.2, 0.25) is 5.91 Å². The average molecular weight is 347 g/mol. The van der Waals surface area contributed by atoms with E-state index in [0.29, 0.717) is 13.1 Å². The Hall–Kier alpha value is -1.00. The Bertz CT molecular complexity index is 568. The van der Waals surface area contributed by atoms with E-state index >= 15 is 0 Å². The summed E-state index contributed by atoms with van der Waals surface area (Å²) in [6.07, 6.45) is 0. The van der Waals surface area contributed by atoms with Crippen LogP contribution >= 0.6 is 11.3 Å². The summed E-state index contributed by atoms with van der Waals surface area (Å²) in [6.45, 7) is 2.95. The highest BCUT2D eigenvalue weighted by molar-refractivity contribution is 7.91. The molecule has 1 saturated heterocycles. The number of hydrogen-bond acceptors (Lipinski definition) is 6. The quantitative estimate of drug-likeness (QED) is 0.740. The summed E-state index contributed by atoms with van der Waals surface area (Å²) in [5.41, 5.74) is 0. The van der Waals surface area contributed by atoms with Gasteiger partial charge in [0.15, 0.2) is 0 Å². The molecule has 1 aliphatic heterocycles. The summed E-state index contributed by atoms with van der Waals surface area (Å²) >= 11 is 1.15. The van der Waals surface area contributed by atoms with E-state index in [1.807, 2.05) is 0 Å². The number of ether oxygens (including phenoxy) is 1. The Morgan fingerprint density at radius 3 is 2.77 bits per heavy atom. The molecule has 1 aromatic heterocycles. The van der Waals surface area contributed by atoms with E-state index < -0.39 is 10.0 Å². The monoisotopic (exact) mass is 347 g/mol. The molecular formula is C13H21N3O4S2. The standard InChI is InChI=1S/C13H21N3O4S2/c1-20-9-8-16(22(18,19)13-3-2-10-21-13)11-12(17)15-6-4-14-5-7-15/h2-3,10,14H,4-9,11H2,1H3. The number of carbonyl (C=O) groups is 1. The molecule has 0 atom stereocenters. The molecule has 124 valence electrons. The summed E-state index contributed by atoms with van der Waals surface area (Å²) in [4.78, 5) is 14.0. The lowest BCUT2D eigenvalue weighted by Crippen LogP contribution is -2.50. The first-order valence-corrected chi connectivity index (χ1v) is 9.39. The van der Waals surface area contributed by atoms with Crippen molar-refractivity contribution in [2.45, 2.75) is 4.21 Å². The molecule has 2 rings (SSSR count). The first kappa shape index (κ1) is 17.4. The van der Waals surface area contributed by atoms with Crippen LogP contribution in [0.5, 0.6) is 0 Å². The van der Waals surface area contributed by atoms with E-state index in [9.17, 15) is 13.2 Å². The van der Waals surface area contributed by atoms with E-state index in [4.69, 9.17) is 4.74 Å². The van der Waals surface area contributed by atoms with Crippen molar-refractivity contribution in [2.75, 3.05) is 53.0 Å².